The zero-order valence-corrected chi connectivity index (χ0v) is 12.1. The Labute approximate surface area is 112 Å². The number of rotatable bonds is 3. The topological polar surface area (TPSA) is 29.5 Å². The van der Waals surface area contributed by atoms with Crippen LogP contribution in [0.5, 0.6) is 5.75 Å². The molecule has 1 heterocycles. The van der Waals surface area contributed by atoms with Gasteiger partial charge in [-0.05, 0) is 31.2 Å². The van der Waals surface area contributed by atoms with Gasteiger partial charge in [0.1, 0.15) is 5.75 Å². The van der Waals surface area contributed by atoms with Crippen LogP contribution in [0.15, 0.2) is 24.3 Å². The fourth-order valence-corrected chi connectivity index (χ4v) is 4.57. The summed E-state index contributed by atoms with van der Waals surface area (Å²) in [4.78, 5) is 2.27. The molecule has 0 aromatic heterocycles. The molecule has 2 atom stereocenters. The van der Waals surface area contributed by atoms with Gasteiger partial charge in [-0.2, -0.15) is 0 Å². The molecule has 3 nitrogen and oxygen atoms in total. The average molecular weight is 267 g/mol. The van der Waals surface area contributed by atoms with Crippen molar-refractivity contribution in [2.45, 2.75) is 18.1 Å². The van der Waals surface area contributed by atoms with E-state index in [1.54, 1.807) is 7.11 Å². The van der Waals surface area contributed by atoms with Crippen molar-refractivity contribution in [3.05, 3.63) is 29.8 Å². The largest absolute Gasteiger partial charge is 0.497 e. The van der Waals surface area contributed by atoms with Crippen LogP contribution in [0.25, 0.3) is 0 Å². The second-order valence-corrected chi connectivity index (χ2v) is 6.75. The van der Waals surface area contributed by atoms with Gasteiger partial charge < -0.3 is 9.64 Å². The van der Waals surface area contributed by atoms with Gasteiger partial charge in [-0.1, -0.05) is 19.1 Å². The lowest BCUT2D eigenvalue weighted by Crippen LogP contribution is -2.49. The number of methoxy groups -OCH3 is 1. The van der Waals surface area contributed by atoms with E-state index in [1.165, 1.54) is 0 Å². The van der Waals surface area contributed by atoms with Crippen molar-refractivity contribution in [1.29, 1.82) is 0 Å². The molecular weight excluding hydrogens is 246 g/mol. The van der Waals surface area contributed by atoms with Crippen LogP contribution in [0.2, 0.25) is 0 Å². The summed E-state index contributed by atoms with van der Waals surface area (Å²) in [6.07, 6.45) is 0.886. The number of likely N-dealkylation sites (N-methyl/N-ethyl adjacent to an activating group) is 1. The maximum absolute atomic E-state index is 12.5. The van der Waals surface area contributed by atoms with E-state index in [2.05, 4.69) is 24.9 Å². The molecule has 1 fully saturated rings. The van der Waals surface area contributed by atoms with Crippen LogP contribution in [0.4, 0.5) is 0 Å². The smallest absolute Gasteiger partial charge is 0.119 e. The number of hydrogen-bond acceptors (Lipinski definition) is 3. The van der Waals surface area contributed by atoms with Crippen LogP contribution in [0.1, 0.15) is 18.9 Å². The van der Waals surface area contributed by atoms with E-state index < -0.39 is 10.8 Å². The summed E-state index contributed by atoms with van der Waals surface area (Å²) in [5.74, 6) is 1.59. The summed E-state index contributed by atoms with van der Waals surface area (Å²) < 4.78 is 17.6. The van der Waals surface area contributed by atoms with Gasteiger partial charge >= 0.3 is 0 Å². The monoisotopic (exact) mass is 267 g/mol. The molecule has 0 saturated carbocycles. The Hall–Kier alpha value is -0.870. The van der Waals surface area contributed by atoms with Gasteiger partial charge in [0.15, 0.2) is 0 Å². The molecule has 1 aromatic rings. The van der Waals surface area contributed by atoms with Crippen molar-refractivity contribution in [3.63, 3.8) is 0 Å². The lowest BCUT2D eigenvalue weighted by molar-refractivity contribution is 0.287. The highest BCUT2D eigenvalue weighted by Gasteiger charge is 2.41. The van der Waals surface area contributed by atoms with Crippen LogP contribution >= 0.6 is 0 Å². The third-order valence-electron chi connectivity index (χ3n) is 3.79. The summed E-state index contributed by atoms with van der Waals surface area (Å²) in [7, 11) is 2.95. The van der Waals surface area contributed by atoms with E-state index in [0.29, 0.717) is 0 Å². The Balaban J connectivity index is 2.44. The predicted octanol–water partition coefficient (Wildman–Crippen LogP) is 1.99. The van der Waals surface area contributed by atoms with Crippen LogP contribution in [-0.4, -0.2) is 42.1 Å². The molecule has 1 aliphatic heterocycles. The molecule has 1 aliphatic rings. The lowest BCUT2D eigenvalue weighted by atomic mass is 9.94. The molecule has 0 N–H and O–H groups in total. The average Bonchev–Trinajstić information content (AvgIpc) is 2.41. The molecule has 1 aromatic carbocycles. The standard InChI is InChI=1S/C14H21NO2S/c1-4-14(11-15(2)8-9-18(14)16)12-6-5-7-13(10-12)17-3/h5-7,10H,4,8-9,11H2,1-3H3/t14-,18?/m0/s1. The SMILES string of the molecule is CC[C@@]1(c2cccc(OC)c2)CN(C)CCS1=O. The van der Waals surface area contributed by atoms with E-state index in [4.69, 9.17) is 4.74 Å². The van der Waals surface area contributed by atoms with Gasteiger partial charge in [0.05, 0.1) is 11.9 Å². The maximum atomic E-state index is 12.5. The van der Waals surface area contributed by atoms with Crippen LogP contribution < -0.4 is 4.74 Å². The minimum absolute atomic E-state index is 0.248. The summed E-state index contributed by atoms with van der Waals surface area (Å²) in [6.45, 7) is 3.89. The normalized spacial score (nSPS) is 29.2. The van der Waals surface area contributed by atoms with Crippen molar-refractivity contribution in [2.24, 2.45) is 0 Å². The maximum Gasteiger partial charge on any atom is 0.119 e. The molecule has 18 heavy (non-hydrogen) atoms. The van der Waals surface area contributed by atoms with Crippen molar-refractivity contribution in [1.82, 2.24) is 4.90 Å². The number of ether oxygens (including phenoxy) is 1. The van der Waals surface area contributed by atoms with E-state index in [9.17, 15) is 4.21 Å². The highest BCUT2D eigenvalue weighted by atomic mass is 32.2. The zero-order chi connectivity index (χ0) is 13.2. The first-order chi connectivity index (χ1) is 8.62. The third-order valence-corrected chi connectivity index (χ3v) is 5.86. The van der Waals surface area contributed by atoms with Gasteiger partial charge in [0.25, 0.3) is 0 Å². The Morgan fingerprint density at radius 1 is 1.50 bits per heavy atom. The molecule has 1 unspecified atom stereocenters. The molecule has 0 spiro atoms. The molecule has 0 amide bonds. The Kier molecular flexibility index (Phi) is 4.07. The highest BCUT2D eigenvalue weighted by Crippen LogP contribution is 2.36. The fraction of sp³-hybridized carbons (Fsp3) is 0.571. The molecule has 1 saturated heterocycles. The Morgan fingerprint density at radius 3 is 2.94 bits per heavy atom. The van der Waals surface area contributed by atoms with Gasteiger partial charge in [-0.15, -0.1) is 0 Å². The van der Waals surface area contributed by atoms with E-state index in [1.807, 2.05) is 18.2 Å². The summed E-state index contributed by atoms with van der Waals surface area (Å²) in [6, 6.07) is 8.02. The zero-order valence-electron chi connectivity index (χ0n) is 11.3. The first-order valence-electron chi connectivity index (χ1n) is 6.34. The second kappa shape index (κ2) is 5.41. The summed E-state index contributed by atoms with van der Waals surface area (Å²) in [5.41, 5.74) is 1.13. The first kappa shape index (κ1) is 13.6. The van der Waals surface area contributed by atoms with Gasteiger partial charge in [-0.3, -0.25) is 4.21 Å². The lowest BCUT2D eigenvalue weighted by Gasteiger charge is -2.40. The molecule has 2 rings (SSSR count). The summed E-state index contributed by atoms with van der Waals surface area (Å²) >= 11 is 0. The van der Waals surface area contributed by atoms with Gasteiger partial charge in [-0.25, -0.2) is 0 Å². The van der Waals surface area contributed by atoms with E-state index in [0.717, 1.165) is 36.6 Å². The predicted molar refractivity (Wildman–Crippen MR) is 75.5 cm³/mol. The second-order valence-electron chi connectivity index (χ2n) is 4.87. The van der Waals surface area contributed by atoms with Crippen molar-refractivity contribution >= 4 is 10.8 Å². The van der Waals surface area contributed by atoms with E-state index >= 15 is 0 Å². The van der Waals surface area contributed by atoms with Crippen LogP contribution in [0.3, 0.4) is 0 Å². The third kappa shape index (κ3) is 2.31. The minimum atomic E-state index is -0.816. The minimum Gasteiger partial charge on any atom is -0.497 e. The quantitative estimate of drug-likeness (QED) is 0.839. The van der Waals surface area contributed by atoms with Gasteiger partial charge in [0, 0.05) is 29.6 Å². The first-order valence-corrected chi connectivity index (χ1v) is 7.66. The van der Waals surface area contributed by atoms with Crippen LogP contribution in [-0.2, 0) is 15.5 Å². The molecule has 0 bridgehead atoms. The Bertz CT molecular complexity index is 449. The van der Waals surface area contributed by atoms with E-state index in [-0.39, 0.29) is 4.75 Å². The molecular formula is C14H21NO2S. The number of hydrogen-bond donors (Lipinski definition) is 0. The summed E-state index contributed by atoms with van der Waals surface area (Å²) in [5, 5.41) is 0. The highest BCUT2D eigenvalue weighted by molar-refractivity contribution is 7.86. The van der Waals surface area contributed by atoms with Crippen molar-refractivity contribution in [2.75, 3.05) is 33.0 Å². The fourth-order valence-electron chi connectivity index (χ4n) is 2.63. The molecule has 0 radical (unpaired) electrons. The number of nitrogens with zero attached hydrogens (tertiary/aromatic N) is 1. The number of benzene rings is 1. The molecule has 4 heteroatoms. The Morgan fingerprint density at radius 2 is 2.28 bits per heavy atom. The van der Waals surface area contributed by atoms with Crippen molar-refractivity contribution < 1.29 is 8.95 Å². The van der Waals surface area contributed by atoms with Crippen LogP contribution in [0, 0.1) is 0 Å². The molecule has 0 aliphatic carbocycles. The molecule has 100 valence electrons. The van der Waals surface area contributed by atoms with Crippen molar-refractivity contribution in [3.8, 4) is 5.75 Å². The van der Waals surface area contributed by atoms with Gasteiger partial charge in [0.2, 0.25) is 0 Å².